The molecule has 0 unspecified atom stereocenters. The number of hydrogen-bond acceptors (Lipinski definition) is 5. The highest BCUT2D eigenvalue weighted by Crippen LogP contribution is 2.14. The summed E-state index contributed by atoms with van der Waals surface area (Å²) >= 11 is 1.76. The largest absolute Gasteiger partial charge is 0.381 e. The van der Waals surface area contributed by atoms with E-state index in [2.05, 4.69) is 22.4 Å². The third-order valence-corrected chi connectivity index (χ3v) is 4.33. The van der Waals surface area contributed by atoms with E-state index < -0.39 is 0 Å². The van der Waals surface area contributed by atoms with E-state index in [1.165, 1.54) is 5.56 Å². The molecule has 0 aliphatic carbocycles. The van der Waals surface area contributed by atoms with Crippen molar-refractivity contribution in [2.45, 2.75) is 11.5 Å². The molecule has 0 bridgehead atoms. The van der Waals surface area contributed by atoms with E-state index in [0.29, 0.717) is 19.0 Å². The van der Waals surface area contributed by atoms with Gasteiger partial charge in [-0.15, -0.1) is 24.2 Å². The number of halogens is 1. The summed E-state index contributed by atoms with van der Waals surface area (Å²) in [6.45, 7) is 2.91. The SMILES string of the molecule is Cl.N=c1o[n-][n+](N2CCOCC2)c1CSCc1ccccc1. The second kappa shape index (κ2) is 8.26. The molecule has 0 amide bonds. The van der Waals surface area contributed by atoms with Crippen molar-refractivity contribution in [1.82, 2.24) is 5.27 Å². The summed E-state index contributed by atoms with van der Waals surface area (Å²) in [6.07, 6.45) is 0. The van der Waals surface area contributed by atoms with Gasteiger partial charge in [0.25, 0.3) is 11.2 Å². The fraction of sp³-hybridized carbons (Fsp3) is 0.429. The van der Waals surface area contributed by atoms with E-state index in [1.54, 1.807) is 16.6 Å². The van der Waals surface area contributed by atoms with Crippen LogP contribution in [0.15, 0.2) is 34.9 Å². The summed E-state index contributed by atoms with van der Waals surface area (Å²) in [5.41, 5.74) is 2.23. The number of rotatable bonds is 5. The molecular weight excluding hydrogens is 324 g/mol. The monoisotopic (exact) mass is 342 g/mol. The highest BCUT2D eigenvalue weighted by molar-refractivity contribution is 7.97. The van der Waals surface area contributed by atoms with E-state index in [9.17, 15) is 0 Å². The summed E-state index contributed by atoms with van der Waals surface area (Å²) < 4.78 is 10.4. The van der Waals surface area contributed by atoms with E-state index in [-0.39, 0.29) is 18.0 Å². The Bertz CT molecular complexity index is 625. The summed E-state index contributed by atoms with van der Waals surface area (Å²) in [5, 5.41) is 13.9. The van der Waals surface area contributed by atoms with Crippen LogP contribution in [0.5, 0.6) is 0 Å². The Labute approximate surface area is 139 Å². The van der Waals surface area contributed by atoms with Crippen LogP contribution < -0.4 is 20.6 Å². The van der Waals surface area contributed by atoms with Crippen molar-refractivity contribution in [2.75, 3.05) is 31.3 Å². The van der Waals surface area contributed by atoms with Crippen molar-refractivity contribution in [3.8, 4) is 0 Å². The van der Waals surface area contributed by atoms with E-state index in [4.69, 9.17) is 14.7 Å². The molecule has 6 nitrogen and oxygen atoms in total. The van der Waals surface area contributed by atoms with Crippen molar-refractivity contribution < 1.29 is 14.1 Å². The Morgan fingerprint density at radius 3 is 2.64 bits per heavy atom. The van der Waals surface area contributed by atoms with Gasteiger partial charge >= 0.3 is 0 Å². The molecule has 1 aliphatic heterocycles. The van der Waals surface area contributed by atoms with Gasteiger partial charge < -0.3 is 9.26 Å². The smallest absolute Gasteiger partial charge is 0.290 e. The van der Waals surface area contributed by atoms with Gasteiger partial charge in [0.2, 0.25) is 0 Å². The molecule has 0 spiro atoms. The Morgan fingerprint density at radius 1 is 1.18 bits per heavy atom. The summed E-state index contributed by atoms with van der Waals surface area (Å²) in [5.74, 6) is 1.61. The van der Waals surface area contributed by atoms with Crippen LogP contribution in [0, 0.1) is 5.41 Å². The predicted octanol–water partition coefficient (Wildman–Crippen LogP) is 0.827. The van der Waals surface area contributed by atoms with Crippen molar-refractivity contribution in [3.63, 3.8) is 0 Å². The van der Waals surface area contributed by atoms with E-state index >= 15 is 0 Å². The van der Waals surface area contributed by atoms with Gasteiger partial charge in [-0.25, -0.2) is 0 Å². The lowest BCUT2D eigenvalue weighted by Crippen LogP contribution is -2.66. The Balaban J connectivity index is 0.00000176. The van der Waals surface area contributed by atoms with Gasteiger partial charge in [0.05, 0.1) is 19.0 Å². The molecule has 2 aromatic rings. The lowest BCUT2D eigenvalue weighted by molar-refractivity contribution is -0.770. The molecule has 1 aromatic carbocycles. The maximum atomic E-state index is 7.87. The normalized spacial score (nSPS) is 14.6. The van der Waals surface area contributed by atoms with Crippen LogP contribution in [0.25, 0.3) is 0 Å². The molecule has 2 heterocycles. The predicted molar refractivity (Wildman–Crippen MR) is 85.5 cm³/mol. The van der Waals surface area contributed by atoms with Crippen molar-refractivity contribution >= 4 is 24.2 Å². The van der Waals surface area contributed by atoms with Crippen LogP contribution in [0.4, 0.5) is 0 Å². The molecule has 8 heteroatoms. The Morgan fingerprint density at radius 2 is 1.91 bits per heavy atom. The van der Waals surface area contributed by atoms with Crippen molar-refractivity contribution in [2.24, 2.45) is 0 Å². The number of thioether (sulfide) groups is 1. The fourth-order valence-electron chi connectivity index (χ4n) is 2.20. The third kappa shape index (κ3) is 4.06. The molecule has 0 saturated carbocycles. The first kappa shape index (κ1) is 16.9. The summed E-state index contributed by atoms with van der Waals surface area (Å²) in [4.78, 5) is 1.73. The first-order chi connectivity index (χ1) is 10.3. The zero-order valence-electron chi connectivity index (χ0n) is 12.1. The van der Waals surface area contributed by atoms with Crippen LogP contribution >= 0.6 is 24.2 Å². The number of nitrogens with zero attached hydrogens (tertiary/aromatic N) is 3. The molecule has 1 fully saturated rings. The van der Waals surface area contributed by atoms with Crippen molar-refractivity contribution in [3.05, 3.63) is 47.1 Å². The fourth-order valence-corrected chi connectivity index (χ4v) is 3.17. The number of benzene rings is 1. The topological polar surface area (TPSA) is 67.4 Å². The summed E-state index contributed by atoms with van der Waals surface area (Å²) in [7, 11) is 0. The zero-order valence-corrected chi connectivity index (χ0v) is 13.7. The van der Waals surface area contributed by atoms with Crippen LogP contribution in [-0.2, 0) is 16.2 Å². The highest BCUT2D eigenvalue weighted by Gasteiger charge is 2.20. The third-order valence-electron chi connectivity index (χ3n) is 3.32. The van der Waals surface area contributed by atoms with E-state index in [0.717, 1.165) is 24.5 Å². The lowest BCUT2D eigenvalue weighted by Gasteiger charge is -2.27. The minimum atomic E-state index is 0. The maximum Gasteiger partial charge on any atom is 0.290 e. The molecular formula is C14H19ClN4O2S. The lowest BCUT2D eigenvalue weighted by atomic mass is 10.2. The second-order valence-electron chi connectivity index (χ2n) is 4.78. The Hall–Kier alpha value is -1.44. The minimum Gasteiger partial charge on any atom is -0.381 e. The molecule has 0 atom stereocenters. The van der Waals surface area contributed by atoms with Gasteiger partial charge in [-0.2, -0.15) is 0 Å². The molecule has 3 rings (SSSR count). The van der Waals surface area contributed by atoms with Gasteiger partial charge in [-0.05, 0) is 10.8 Å². The maximum absolute atomic E-state index is 7.87. The molecule has 22 heavy (non-hydrogen) atoms. The van der Waals surface area contributed by atoms with E-state index in [1.807, 2.05) is 18.2 Å². The van der Waals surface area contributed by atoms with Crippen LogP contribution in [0.3, 0.4) is 0 Å². The molecule has 0 radical (unpaired) electrons. The van der Waals surface area contributed by atoms with Crippen LogP contribution in [-0.4, -0.2) is 26.3 Å². The molecule has 1 N–H and O–H groups in total. The molecule has 1 saturated heterocycles. The average molecular weight is 343 g/mol. The number of hydrogen-bond donors (Lipinski definition) is 1. The first-order valence-electron chi connectivity index (χ1n) is 6.92. The number of aromatic nitrogens is 2. The molecule has 1 aromatic heterocycles. The van der Waals surface area contributed by atoms with Crippen LogP contribution in [0.2, 0.25) is 0 Å². The Kier molecular flexibility index (Phi) is 6.35. The average Bonchev–Trinajstić information content (AvgIpc) is 2.91. The highest BCUT2D eigenvalue weighted by atomic mass is 35.5. The van der Waals surface area contributed by atoms with Gasteiger partial charge in [0.1, 0.15) is 0 Å². The van der Waals surface area contributed by atoms with Crippen molar-refractivity contribution in [1.29, 1.82) is 5.41 Å². The number of morpholine rings is 1. The quantitative estimate of drug-likeness (QED) is 0.815. The number of nitrogens with one attached hydrogen (secondary N) is 1. The minimum absolute atomic E-state index is 0. The van der Waals surface area contributed by atoms with Gasteiger partial charge in [-0.3, -0.25) is 10.4 Å². The second-order valence-corrected chi connectivity index (χ2v) is 5.77. The summed E-state index contributed by atoms with van der Waals surface area (Å²) in [6, 6.07) is 10.3. The zero-order chi connectivity index (χ0) is 14.5. The molecule has 120 valence electrons. The molecule has 1 aliphatic rings. The van der Waals surface area contributed by atoms with Gasteiger partial charge in [-0.1, -0.05) is 35.1 Å². The number of ether oxygens (including phenoxy) is 1. The van der Waals surface area contributed by atoms with Gasteiger partial charge in [0, 0.05) is 18.8 Å². The standard InChI is InChI=1S/C14H18N4O2S.ClH/c15-14-13(11-21-10-12-4-2-1-3-5-12)18(16-20-14)17-6-8-19-9-7-17;/h1-5,15H,6-11H2;1H. The van der Waals surface area contributed by atoms with Crippen LogP contribution in [0.1, 0.15) is 11.3 Å². The first-order valence-corrected chi connectivity index (χ1v) is 8.07. The van der Waals surface area contributed by atoms with Gasteiger partial charge in [0.15, 0.2) is 0 Å².